The minimum absolute atomic E-state index is 0.0574. The zero-order valence-electron chi connectivity index (χ0n) is 22.4. The predicted molar refractivity (Wildman–Crippen MR) is 148 cm³/mol. The number of carbonyl (C=O) groups excluding carboxylic acids is 3. The lowest BCUT2D eigenvalue weighted by Gasteiger charge is -2.08. The van der Waals surface area contributed by atoms with Crippen LogP contribution >= 0.6 is 0 Å². The Kier molecular flexibility index (Phi) is 14.9. The van der Waals surface area contributed by atoms with Crippen molar-refractivity contribution in [1.29, 1.82) is 0 Å². The molecular formula is C31H36O7. The highest BCUT2D eigenvalue weighted by Crippen LogP contribution is 2.15. The molecule has 0 aliphatic rings. The van der Waals surface area contributed by atoms with Crippen LogP contribution in [0.2, 0.25) is 0 Å². The Morgan fingerprint density at radius 3 is 1.71 bits per heavy atom. The summed E-state index contributed by atoms with van der Waals surface area (Å²) in [6.45, 7) is 17.5. The van der Waals surface area contributed by atoms with Crippen molar-refractivity contribution in [2.24, 2.45) is 0 Å². The highest BCUT2D eigenvalue weighted by molar-refractivity contribution is 5.91. The number of aryl methyl sites for hydroxylation is 1. The van der Waals surface area contributed by atoms with Gasteiger partial charge in [-0.2, -0.15) is 0 Å². The van der Waals surface area contributed by atoms with E-state index in [1.54, 1.807) is 36.4 Å². The molecule has 0 atom stereocenters. The Hall–Kier alpha value is -4.39. The van der Waals surface area contributed by atoms with Crippen LogP contribution < -0.4 is 4.74 Å². The molecule has 0 radical (unpaired) electrons. The van der Waals surface area contributed by atoms with Crippen LogP contribution in [0.15, 0.2) is 98.0 Å². The van der Waals surface area contributed by atoms with Crippen LogP contribution in [0.5, 0.6) is 5.75 Å². The molecule has 7 heteroatoms. The Balaban J connectivity index is 0.00000352. The number of hydrogen-bond donors (Lipinski definition) is 0. The molecule has 0 aliphatic heterocycles. The summed E-state index contributed by atoms with van der Waals surface area (Å²) in [5.41, 5.74) is 1.84. The van der Waals surface area contributed by atoms with E-state index in [4.69, 9.17) is 18.9 Å². The summed E-state index contributed by atoms with van der Waals surface area (Å²) >= 11 is 0. The fourth-order valence-electron chi connectivity index (χ4n) is 2.80. The minimum atomic E-state index is -0.598. The third-order valence-corrected chi connectivity index (χ3v) is 4.81. The summed E-state index contributed by atoms with van der Waals surface area (Å²) in [7, 11) is 0. The Bertz CT molecular complexity index is 1110. The van der Waals surface area contributed by atoms with Crippen LogP contribution in [0.3, 0.4) is 0 Å². The van der Waals surface area contributed by atoms with Gasteiger partial charge in [-0.05, 0) is 73.4 Å². The molecule has 202 valence electrons. The maximum Gasteiger partial charge on any atom is 0.343 e. The summed E-state index contributed by atoms with van der Waals surface area (Å²) in [6, 6.07) is 13.6. The van der Waals surface area contributed by atoms with Crippen LogP contribution in [-0.4, -0.2) is 31.1 Å². The smallest absolute Gasteiger partial charge is 0.343 e. The van der Waals surface area contributed by atoms with Gasteiger partial charge >= 0.3 is 17.9 Å². The number of unbranched alkanes of at least 4 members (excludes halogenated alkanes) is 1. The van der Waals surface area contributed by atoms with Gasteiger partial charge in [0.05, 0.1) is 24.3 Å². The summed E-state index contributed by atoms with van der Waals surface area (Å²) < 4.78 is 20.9. The molecule has 0 N–H and O–H groups in total. The lowest BCUT2D eigenvalue weighted by molar-refractivity contribution is -0.137. The number of allylic oxidation sites excluding steroid dienone is 2. The maximum atomic E-state index is 12.3. The molecule has 0 bridgehead atoms. The molecule has 38 heavy (non-hydrogen) atoms. The molecule has 2 rings (SSSR count). The average molecular weight is 521 g/mol. The number of hydrogen-bond acceptors (Lipinski definition) is 7. The monoisotopic (exact) mass is 520 g/mol. The molecule has 0 amide bonds. The third kappa shape index (κ3) is 12.0. The Morgan fingerprint density at radius 2 is 1.24 bits per heavy atom. The van der Waals surface area contributed by atoms with Crippen molar-refractivity contribution in [2.45, 2.75) is 40.0 Å². The second-order valence-electron chi connectivity index (χ2n) is 7.55. The summed E-state index contributed by atoms with van der Waals surface area (Å²) in [5.74, 6) is -0.847. The summed E-state index contributed by atoms with van der Waals surface area (Å²) in [5, 5.41) is 0. The Morgan fingerprint density at radius 1 is 0.763 bits per heavy atom. The molecule has 0 saturated heterocycles. The van der Waals surface area contributed by atoms with E-state index in [1.165, 1.54) is 12.2 Å². The number of rotatable bonds is 14. The van der Waals surface area contributed by atoms with Gasteiger partial charge in [-0.25, -0.2) is 14.4 Å². The zero-order chi connectivity index (χ0) is 28.3. The average Bonchev–Trinajstić information content (AvgIpc) is 2.95. The van der Waals surface area contributed by atoms with Gasteiger partial charge in [-0.1, -0.05) is 52.6 Å². The zero-order valence-corrected chi connectivity index (χ0v) is 22.4. The number of carbonyl (C=O) groups is 3. The first-order valence-corrected chi connectivity index (χ1v) is 12.4. The van der Waals surface area contributed by atoms with Gasteiger partial charge in [0.2, 0.25) is 0 Å². The van der Waals surface area contributed by atoms with Gasteiger partial charge in [0.15, 0.2) is 0 Å². The van der Waals surface area contributed by atoms with Crippen molar-refractivity contribution < 1.29 is 33.3 Å². The molecule has 0 saturated carbocycles. The largest absolute Gasteiger partial charge is 0.494 e. The van der Waals surface area contributed by atoms with Crippen molar-refractivity contribution in [3.63, 3.8) is 0 Å². The predicted octanol–water partition coefficient (Wildman–Crippen LogP) is 6.76. The van der Waals surface area contributed by atoms with E-state index < -0.39 is 17.9 Å². The molecular weight excluding hydrogens is 484 g/mol. The SMILES string of the molecule is C=CC(=O)OCCCCOc1ccc(C(=O)OC(=C)/C=C\C(=C)OC(=O)c2ccc(CC)cc2)cc1.CC. The lowest BCUT2D eigenvalue weighted by Crippen LogP contribution is -2.05. The van der Waals surface area contributed by atoms with Crippen LogP contribution in [0.25, 0.3) is 0 Å². The molecule has 7 nitrogen and oxygen atoms in total. The van der Waals surface area contributed by atoms with E-state index in [2.05, 4.69) is 19.7 Å². The fraction of sp³-hybridized carbons (Fsp3) is 0.258. The molecule has 0 aromatic heterocycles. The van der Waals surface area contributed by atoms with Crippen molar-refractivity contribution in [3.8, 4) is 5.75 Å². The van der Waals surface area contributed by atoms with Crippen LogP contribution in [0, 0.1) is 0 Å². The summed E-state index contributed by atoms with van der Waals surface area (Å²) in [4.78, 5) is 35.5. The minimum Gasteiger partial charge on any atom is -0.494 e. The van der Waals surface area contributed by atoms with Crippen molar-refractivity contribution in [3.05, 3.63) is 115 Å². The first-order chi connectivity index (χ1) is 18.3. The molecule has 2 aromatic carbocycles. The molecule has 0 fully saturated rings. The number of benzene rings is 2. The number of esters is 3. The van der Waals surface area contributed by atoms with E-state index in [9.17, 15) is 14.4 Å². The van der Waals surface area contributed by atoms with Crippen molar-refractivity contribution >= 4 is 17.9 Å². The molecule has 0 spiro atoms. The first kappa shape index (κ1) is 31.6. The second kappa shape index (κ2) is 17.9. The van der Waals surface area contributed by atoms with Crippen LogP contribution in [0.1, 0.15) is 59.9 Å². The maximum absolute atomic E-state index is 12.3. The Labute approximate surface area is 225 Å². The normalized spacial score (nSPS) is 9.97. The standard InChI is InChI=1S/C29H30O7.C2H6/c1-5-23-11-13-24(14-12-23)28(31)35-21(3)9-10-22(4)36-29(32)25-15-17-26(18-16-25)33-19-7-8-20-34-27(30)6-2;1-2/h6,9-18H,2-5,7-8,19-20H2,1H3;1-2H3/b10-9-;. The highest BCUT2D eigenvalue weighted by atomic mass is 16.5. The van der Waals surface area contributed by atoms with Crippen molar-refractivity contribution in [1.82, 2.24) is 0 Å². The van der Waals surface area contributed by atoms with Gasteiger partial charge in [-0.15, -0.1) is 0 Å². The van der Waals surface area contributed by atoms with E-state index in [1.807, 2.05) is 32.9 Å². The topological polar surface area (TPSA) is 88.1 Å². The van der Waals surface area contributed by atoms with Gasteiger partial charge in [0, 0.05) is 6.08 Å². The fourth-order valence-corrected chi connectivity index (χ4v) is 2.80. The van der Waals surface area contributed by atoms with Crippen LogP contribution in [-0.2, 0) is 25.4 Å². The van der Waals surface area contributed by atoms with Gasteiger partial charge < -0.3 is 18.9 Å². The van der Waals surface area contributed by atoms with Crippen molar-refractivity contribution in [2.75, 3.05) is 13.2 Å². The van der Waals surface area contributed by atoms with Crippen LogP contribution in [0.4, 0.5) is 0 Å². The van der Waals surface area contributed by atoms with E-state index in [-0.39, 0.29) is 11.5 Å². The van der Waals surface area contributed by atoms with E-state index >= 15 is 0 Å². The molecule has 2 aromatic rings. The highest BCUT2D eigenvalue weighted by Gasteiger charge is 2.10. The number of ether oxygens (including phenoxy) is 4. The molecule has 0 heterocycles. The van der Waals surface area contributed by atoms with E-state index in [0.717, 1.165) is 18.1 Å². The molecule has 0 unspecified atom stereocenters. The summed E-state index contributed by atoms with van der Waals surface area (Å²) in [6.07, 6.45) is 6.14. The van der Waals surface area contributed by atoms with Gasteiger partial charge in [0.1, 0.15) is 17.3 Å². The molecule has 0 aliphatic carbocycles. The van der Waals surface area contributed by atoms with Gasteiger partial charge in [-0.3, -0.25) is 0 Å². The second-order valence-corrected chi connectivity index (χ2v) is 7.55. The third-order valence-electron chi connectivity index (χ3n) is 4.81. The van der Waals surface area contributed by atoms with Gasteiger partial charge in [0.25, 0.3) is 0 Å². The first-order valence-electron chi connectivity index (χ1n) is 12.4. The quantitative estimate of drug-likeness (QED) is 0.0679. The van der Waals surface area contributed by atoms with E-state index in [0.29, 0.717) is 42.9 Å². The lowest BCUT2D eigenvalue weighted by atomic mass is 10.1.